The van der Waals surface area contributed by atoms with E-state index in [-0.39, 0.29) is 35.3 Å². The fraction of sp³-hybridized carbons (Fsp3) is 0.387. The number of fused-ring (bicyclic) bond motifs is 1. The van der Waals surface area contributed by atoms with E-state index in [2.05, 4.69) is 25.4 Å². The summed E-state index contributed by atoms with van der Waals surface area (Å²) in [6, 6.07) is 15.5. The molecule has 6 atom stereocenters. The number of rotatable bonds is 14. The van der Waals surface area contributed by atoms with E-state index in [1.807, 2.05) is 0 Å². The van der Waals surface area contributed by atoms with E-state index < -0.39 is 62.2 Å². The highest BCUT2D eigenvalue weighted by molar-refractivity contribution is 7.52. The second-order valence-electron chi connectivity index (χ2n) is 11.3. The highest BCUT2D eigenvalue weighted by Gasteiger charge is 2.61. The summed E-state index contributed by atoms with van der Waals surface area (Å²) in [4.78, 5) is 38.0. The molecule has 1 fully saturated rings. The molecule has 0 amide bonds. The van der Waals surface area contributed by atoms with Gasteiger partial charge in [0.2, 0.25) is 5.95 Å². The van der Waals surface area contributed by atoms with Crippen molar-refractivity contribution >= 4 is 54.4 Å². The van der Waals surface area contributed by atoms with Gasteiger partial charge in [-0.2, -0.15) is 15.1 Å². The molecular formula is C31H36ClFN7O9P. The molecule has 4 aromatic rings. The first-order chi connectivity index (χ1) is 23.8. The summed E-state index contributed by atoms with van der Waals surface area (Å²) < 4.78 is 65.4. The highest BCUT2D eigenvalue weighted by Crippen LogP contribution is 2.50. The van der Waals surface area contributed by atoms with Gasteiger partial charge in [-0.25, -0.2) is 18.7 Å². The Morgan fingerprint density at radius 1 is 1.12 bits per heavy atom. The normalized spacial score (nSPS) is 22.1. The number of benzene rings is 2. The van der Waals surface area contributed by atoms with Crippen LogP contribution in [0.4, 0.5) is 21.0 Å². The van der Waals surface area contributed by atoms with Crippen LogP contribution in [0, 0.1) is 0 Å². The molecule has 1 aliphatic rings. The molecule has 3 heterocycles. The molecule has 1 aliphatic heterocycles. The number of carbonyl (C=O) groups is 2. The van der Waals surface area contributed by atoms with E-state index in [9.17, 15) is 14.2 Å². The van der Waals surface area contributed by atoms with Crippen molar-refractivity contribution in [1.82, 2.24) is 24.6 Å². The molecule has 0 aliphatic carbocycles. The Morgan fingerprint density at radius 3 is 2.46 bits per heavy atom. The SMILES string of the molecule is CNc1nc(N)nc2c1ncn2[C@@H]1O[C@H](COP(=O)(N[C@@H](C)C(=O)OC(C)C)Oc2ccccc2)[C@@H](OC(=O)OCc2ccccc2)[C@]1(F)Cl. The van der Waals surface area contributed by atoms with Gasteiger partial charge in [-0.3, -0.25) is 13.9 Å². The van der Waals surface area contributed by atoms with Crippen LogP contribution in [0.3, 0.4) is 0 Å². The van der Waals surface area contributed by atoms with Crippen LogP contribution in [0.5, 0.6) is 5.75 Å². The van der Waals surface area contributed by atoms with Crippen LogP contribution in [0.15, 0.2) is 67.0 Å². The quantitative estimate of drug-likeness (QED) is 0.0876. The first-order valence-electron chi connectivity index (χ1n) is 15.4. The van der Waals surface area contributed by atoms with Crippen LogP contribution in [0.2, 0.25) is 0 Å². The van der Waals surface area contributed by atoms with Crippen LogP contribution >= 0.6 is 19.3 Å². The van der Waals surface area contributed by atoms with Crippen molar-refractivity contribution in [3.8, 4) is 5.75 Å². The van der Waals surface area contributed by atoms with Gasteiger partial charge in [0.15, 0.2) is 29.3 Å². The Hall–Kier alpha value is -4.54. The molecule has 5 rings (SSSR count). The zero-order chi connectivity index (χ0) is 36.1. The molecule has 0 saturated carbocycles. The molecule has 1 unspecified atom stereocenters. The van der Waals surface area contributed by atoms with Crippen LogP contribution in [-0.2, 0) is 39.4 Å². The number of aromatic nitrogens is 4. The number of nitrogens with one attached hydrogen (secondary N) is 2. The third-order valence-electron chi connectivity index (χ3n) is 7.14. The predicted octanol–water partition coefficient (Wildman–Crippen LogP) is 5.11. The van der Waals surface area contributed by atoms with Gasteiger partial charge in [-0.1, -0.05) is 60.1 Å². The Labute approximate surface area is 291 Å². The molecule has 2 aromatic carbocycles. The minimum atomic E-state index is -4.47. The first-order valence-corrected chi connectivity index (χ1v) is 17.3. The van der Waals surface area contributed by atoms with Gasteiger partial charge in [0.1, 0.15) is 24.5 Å². The molecule has 0 bridgehead atoms. The molecule has 4 N–H and O–H groups in total. The fourth-order valence-electron chi connectivity index (χ4n) is 4.89. The number of esters is 1. The number of anilines is 2. The van der Waals surface area contributed by atoms with Gasteiger partial charge in [-0.15, -0.1) is 0 Å². The zero-order valence-electron chi connectivity index (χ0n) is 27.4. The largest absolute Gasteiger partial charge is 0.509 e. The Morgan fingerprint density at radius 2 is 1.80 bits per heavy atom. The van der Waals surface area contributed by atoms with Crippen molar-refractivity contribution in [2.45, 2.75) is 63.1 Å². The number of hydrogen-bond donors (Lipinski definition) is 3. The molecule has 50 heavy (non-hydrogen) atoms. The number of nitrogen functional groups attached to an aromatic ring is 1. The average molecular weight is 736 g/mol. The highest BCUT2D eigenvalue weighted by atomic mass is 35.5. The standard InChI is InChI=1S/C31H36ClFN7O9P/c1-18(2)46-27(41)19(3)39-50(43,49-21-13-9-6-10-14-21)45-16-22-24(48-30(42)44-15-20-11-7-5-8-12-20)31(32,33)28(47-22)40-17-36-23-25(35-4)37-29(34)38-26(23)40/h5-14,17-19,22,24,28H,15-16H2,1-4H3,(H,39,43)(H3,34,35,37,38)/t19-,22+,24+,28+,31+,50?/m0/s1. The smallest absolute Gasteiger partial charge is 0.462 e. The number of nitrogens with zero attached hydrogens (tertiary/aromatic N) is 4. The van der Waals surface area contributed by atoms with Gasteiger partial charge in [0.25, 0.3) is 5.13 Å². The van der Waals surface area contributed by atoms with Crippen molar-refractivity contribution in [2.24, 2.45) is 0 Å². The van der Waals surface area contributed by atoms with Crippen LogP contribution < -0.4 is 20.7 Å². The minimum absolute atomic E-state index is 0.0405. The number of halogens is 2. The maximum Gasteiger partial charge on any atom is 0.509 e. The molecule has 1 saturated heterocycles. The predicted molar refractivity (Wildman–Crippen MR) is 179 cm³/mol. The van der Waals surface area contributed by atoms with Crippen molar-refractivity contribution in [2.75, 3.05) is 24.7 Å². The summed E-state index contributed by atoms with van der Waals surface area (Å²) in [7, 11) is -2.89. The van der Waals surface area contributed by atoms with Gasteiger partial charge in [0.05, 0.1) is 19.0 Å². The van der Waals surface area contributed by atoms with E-state index in [0.717, 1.165) is 4.57 Å². The Kier molecular flexibility index (Phi) is 11.4. The summed E-state index contributed by atoms with van der Waals surface area (Å²) in [5, 5.41) is 2.35. The molecule has 268 valence electrons. The number of alkyl halides is 2. The molecule has 0 spiro atoms. The fourth-order valence-corrected chi connectivity index (χ4v) is 6.73. The van der Waals surface area contributed by atoms with Crippen LogP contribution in [0.25, 0.3) is 11.2 Å². The van der Waals surface area contributed by atoms with Crippen LogP contribution in [-0.4, -0.2) is 74.8 Å². The lowest BCUT2D eigenvalue weighted by Crippen LogP contribution is -2.43. The minimum Gasteiger partial charge on any atom is -0.462 e. The summed E-state index contributed by atoms with van der Waals surface area (Å²) in [5.41, 5.74) is 6.77. The summed E-state index contributed by atoms with van der Waals surface area (Å²) in [6.45, 7) is 3.77. The van der Waals surface area contributed by atoms with Gasteiger partial charge < -0.3 is 34.5 Å². The summed E-state index contributed by atoms with van der Waals surface area (Å²) >= 11 is 6.52. The van der Waals surface area contributed by atoms with E-state index in [4.69, 9.17) is 45.3 Å². The lowest BCUT2D eigenvalue weighted by atomic mass is 10.1. The van der Waals surface area contributed by atoms with Crippen molar-refractivity contribution in [3.63, 3.8) is 0 Å². The molecule has 16 nitrogen and oxygen atoms in total. The maximum atomic E-state index is 16.8. The van der Waals surface area contributed by atoms with E-state index >= 15 is 4.39 Å². The monoisotopic (exact) mass is 735 g/mol. The third-order valence-corrected chi connectivity index (χ3v) is 9.18. The van der Waals surface area contributed by atoms with E-state index in [1.54, 1.807) is 69.4 Å². The van der Waals surface area contributed by atoms with Gasteiger partial charge >= 0.3 is 19.9 Å². The number of carbonyl (C=O) groups excluding carboxylic acids is 2. The topological polar surface area (TPSA) is 200 Å². The van der Waals surface area contributed by atoms with Gasteiger partial charge in [0, 0.05) is 7.05 Å². The second kappa shape index (κ2) is 15.6. The van der Waals surface area contributed by atoms with E-state index in [0.29, 0.717) is 5.56 Å². The molecule has 19 heteroatoms. The van der Waals surface area contributed by atoms with Crippen LogP contribution in [0.1, 0.15) is 32.6 Å². The number of nitrogens with two attached hydrogens (primary N) is 1. The molecular weight excluding hydrogens is 700 g/mol. The zero-order valence-corrected chi connectivity index (χ0v) is 29.0. The average Bonchev–Trinajstić information content (AvgIpc) is 3.60. The lowest BCUT2D eigenvalue weighted by molar-refractivity contribution is -0.149. The van der Waals surface area contributed by atoms with Crippen molar-refractivity contribution < 1.29 is 46.5 Å². The number of imidazole rings is 1. The summed E-state index contributed by atoms with van der Waals surface area (Å²) in [5.74, 6) is -0.531. The maximum absolute atomic E-state index is 16.8. The third kappa shape index (κ3) is 8.60. The van der Waals surface area contributed by atoms with Crippen molar-refractivity contribution in [3.05, 3.63) is 72.6 Å². The first kappa shape index (κ1) is 36.7. The molecule has 2 aromatic heterocycles. The second-order valence-corrected chi connectivity index (χ2v) is 13.6. The Balaban J connectivity index is 1.44. The molecule has 0 radical (unpaired) electrons. The summed E-state index contributed by atoms with van der Waals surface area (Å²) in [6.07, 6.45) is -5.76. The van der Waals surface area contributed by atoms with E-state index in [1.165, 1.54) is 25.4 Å². The Bertz CT molecular complexity index is 1840. The lowest BCUT2D eigenvalue weighted by Gasteiger charge is -2.26. The number of ether oxygens (including phenoxy) is 4. The number of para-hydroxylation sites is 1. The van der Waals surface area contributed by atoms with Crippen molar-refractivity contribution in [1.29, 1.82) is 0 Å². The number of hydrogen-bond acceptors (Lipinski definition) is 14. The van der Waals surface area contributed by atoms with Gasteiger partial charge in [-0.05, 0) is 38.5 Å².